The van der Waals surface area contributed by atoms with E-state index < -0.39 is 24.2 Å². The van der Waals surface area contributed by atoms with Crippen LogP contribution in [0.25, 0.3) is 0 Å². The van der Waals surface area contributed by atoms with Gasteiger partial charge in [0.25, 0.3) is 0 Å². The number of ether oxygens (including phenoxy) is 1. The Morgan fingerprint density at radius 1 is 1.17 bits per heavy atom. The highest BCUT2D eigenvalue weighted by molar-refractivity contribution is 6.05. The molecule has 118 valence electrons. The highest BCUT2D eigenvalue weighted by atomic mass is 19.1. The second kappa shape index (κ2) is 7.31. The Labute approximate surface area is 132 Å². The Morgan fingerprint density at radius 3 is 2.52 bits per heavy atom. The largest absolute Gasteiger partial charge is 0.454 e. The van der Waals surface area contributed by atoms with Gasteiger partial charge in [-0.3, -0.25) is 9.59 Å². The molecule has 0 spiro atoms. The maximum absolute atomic E-state index is 13.3. The Morgan fingerprint density at radius 2 is 1.87 bits per heavy atom. The zero-order valence-electron chi connectivity index (χ0n) is 12.4. The molecule has 1 amide bonds. The molecule has 0 aliphatic carbocycles. The molecule has 6 heteroatoms. The van der Waals surface area contributed by atoms with Crippen molar-refractivity contribution in [1.29, 1.82) is 0 Å². The Bertz CT molecular complexity index is 731. The molecule has 0 aliphatic rings. The molecule has 2 aromatic rings. The lowest BCUT2D eigenvalue weighted by atomic mass is 10.1. The average Bonchev–Trinajstić information content (AvgIpc) is 2.59. The molecule has 0 saturated carbocycles. The molecule has 2 aromatic carbocycles. The van der Waals surface area contributed by atoms with Crippen molar-refractivity contribution in [2.45, 2.75) is 0 Å². The molecule has 0 heterocycles. The topological polar surface area (TPSA) is 63.7 Å². The summed E-state index contributed by atoms with van der Waals surface area (Å²) in [6, 6.07) is 11.7. The number of nitrogens with zero attached hydrogens (tertiary/aromatic N) is 1. The lowest BCUT2D eigenvalue weighted by Gasteiger charge is -2.15. The predicted octanol–water partition coefficient (Wildman–Crippen LogP) is 2.46. The first kappa shape index (κ1) is 16.4. The van der Waals surface area contributed by atoms with Gasteiger partial charge in [-0.05, 0) is 30.3 Å². The normalized spacial score (nSPS) is 10.0. The van der Waals surface area contributed by atoms with Crippen LogP contribution in [-0.4, -0.2) is 31.8 Å². The zero-order chi connectivity index (χ0) is 16.8. The summed E-state index contributed by atoms with van der Waals surface area (Å²) in [5, 5.41) is 0. The minimum absolute atomic E-state index is 0.0989. The van der Waals surface area contributed by atoms with Gasteiger partial charge in [0.1, 0.15) is 5.82 Å². The standard InChI is InChI=1S/C17H14FNO4/c1-19(11-20)15-9-13(18)7-8-14(15)16(21)10-23-17(22)12-5-3-2-4-6-12/h2-9,11H,10H2,1H3. The van der Waals surface area contributed by atoms with E-state index in [2.05, 4.69) is 0 Å². The van der Waals surface area contributed by atoms with Gasteiger partial charge < -0.3 is 9.64 Å². The molecule has 0 unspecified atom stereocenters. The molecule has 5 nitrogen and oxygen atoms in total. The van der Waals surface area contributed by atoms with Gasteiger partial charge in [-0.1, -0.05) is 18.2 Å². The van der Waals surface area contributed by atoms with Crippen molar-refractivity contribution < 1.29 is 23.5 Å². The summed E-state index contributed by atoms with van der Waals surface area (Å²) in [5.41, 5.74) is 0.535. The molecule has 0 aromatic heterocycles. The number of carbonyl (C=O) groups is 3. The third-order valence-electron chi connectivity index (χ3n) is 3.14. The number of benzene rings is 2. The fourth-order valence-corrected chi connectivity index (χ4v) is 1.96. The molecule has 23 heavy (non-hydrogen) atoms. The summed E-state index contributed by atoms with van der Waals surface area (Å²) in [6.07, 6.45) is 0.460. The number of halogens is 1. The van der Waals surface area contributed by atoms with Crippen LogP contribution in [0.15, 0.2) is 48.5 Å². The molecule has 0 aliphatic heterocycles. The summed E-state index contributed by atoms with van der Waals surface area (Å²) in [6.45, 7) is -0.501. The highest BCUT2D eigenvalue weighted by Crippen LogP contribution is 2.21. The highest BCUT2D eigenvalue weighted by Gasteiger charge is 2.17. The molecular formula is C17H14FNO4. The molecular weight excluding hydrogens is 301 g/mol. The summed E-state index contributed by atoms with van der Waals surface area (Å²) >= 11 is 0. The summed E-state index contributed by atoms with van der Waals surface area (Å²) in [4.78, 5) is 35.9. The summed E-state index contributed by atoms with van der Waals surface area (Å²) in [7, 11) is 1.40. The van der Waals surface area contributed by atoms with E-state index in [0.29, 0.717) is 12.0 Å². The lowest BCUT2D eigenvalue weighted by Crippen LogP contribution is -2.20. The van der Waals surface area contributed by atoms with Crippen molar-refractivity contribution in [3.63, 3.8) is 0 Å². The van der Waals surface area contributed by atoms with Crippen molar-refractivity contribution in [3.8, 4) is 0 Å². The predicted molar refractivity (Wildman–Crippen MR) is 81.9 cm³/mol. The first-order valence-corrected chi connectivity index (χ1v) is 6.76. The number of hydrogen-bond acceptors (Lipinski definition) is 4. The van der Waals surface area contributed by atoms with Crippen LogP contribution in [0.4, 0.5) is 10.1 Å². The van der Waals surface area contributed by atoms with Crippen LogP contribution in [0.5, 0.6) is 0 Å². The van der Waals surface area contributed by atoms with E-state index >= 15 is 0 Å². The molecule has 0 atom stereocenters. The number of anilines is 1. The van der Waals surface area contributed by atoms with Crippen LogP contribution in [0.2, 0.25) is 0 Å². The van der Waals surface area contributed by atoms with Crippen LogP contribution < -0.4 is 4.90 Å². The second-order valence-electron chi connectivity index (χ2n) is 4.74. The minimum Gasteiger partial charge on any atom is -0.454 e. The van der Waals surface area contributed by atoms with E-state index in [1.807, 2.05) is 0 Å². The molecule has 0 saturated heterocycles. The van der Waals surface area contributed by atoms with Gasteiger partial charge in [0, 0.05) is 12.6 Å². The lowest BCUT2D eigenvalue weighted by molar-refractivity contribution is -0.107. The minimum atomic E-state index is -0.633. The average molecular weight is 315 g/mol. The SMILES string of the molecule is CN(C=O)c1cc(F)ccc1C(=O)COC(=O)c1ccccc1. The van der Waals surface area contributed by atoms with Crippen molar-refractivity contribution in [2.24, 2.45) is 0 Å². The first-order chi connectivity index (χ1) is 11.0. The van der Waals surface area contributed by atoms with Crippen LogP contribution in [0, 0.1) is 5.82 Å². The summed E-state index contributed by atoms with van der Waals surface area (Å²) in [5.74, 6) is -1.74. The van der Waals surface area contributed by atoms with Gasteiger partial charge in [0.15, 0.2) is 6.61 Å². The third-order valence-corrected chi connectivity index (χ3v) is 3.14. The van der Waals surface area contributed by atoms with E-state index in [-0.39, 0.29) is 11.3 Å². The van der Waals surface area contributed by atoms with E-state index in [4.69, 9.17) is 4.74 Å². The smallest absolute Gasteiger partial charge is 0.338 e. The van der Waals surface area contributed by atoms with Gasteiger partial charge in [0.2, 0.25) is 12.2 Å². The number of rotatable bonds is 6. The number of ketones is 1. The Balaban J connectivity index is 2.12. The maximum Gasteiger partial charge on any atom is 0.338 e. The summed E-state index contributed by atoms with van der Waals surface area (Å²) < 4.78 is 18.3. The number of amides is 1. The molecule has 0 fully saturated rings. The van der Waals surface area contributed by atoms with E-state index in [1.54, 1.807) is 30.3 Å². The van der Waals surface area contributed by atoms with Crippen molar-refractivity contribution in [1.82, 2.24) is 0 Å². The van der Waals surface area contributed by atoms with Gasteiger partial charge in [-0.2, -0.15) is 0 Å². The van der Waals surface area contributed by atoms with Gasteiger partial charge >= 0.3 is 5.97 Å². The molecule has 2 rings (SSSR count). The van der Waals surface area contributed by atoms with Gasteiger partial charge in [-0.15, -0.1) is 0 Å². The van der Waals surface area contributed by atoms with E-state index in [0.717, 1.165) is 17.0 Å². The van der Waals surface area contributed by atoms with Crippen LogP contribution in [0.1, 0.15) is 20.7 Å². The molecule has 0 bridgehead atoms. The quantitative estimate of drug-likeness (QED) is 0.467. The third kappa shape index (κ3) is 4.00. The van der Waals surface area contributed by atoms with Crippen molar-refractivity contribution >= 4 is 23.9 Å². The number of Topliss-reactive ketones (excluding diaryl/α,β-unsaturated/α-hetero) is 1. The van der Waals surface area contributed by atoms with Gasteiger partial charge in [0.05, 0.1) is 11.3 Å². The number of esters is 1. The Kier molecular flexibility index (Phi) is 5.19. The monoisotopic (exact) mass is 315 g/mol. The van der Waals surface area contributed by atoms with E-state index in [9.17, 15) is 18.8 Å². The molecule has 0 N–H and O–H groups in total. The van der Waals surface area contributed by atoms with Crippen molar-refractivity contribution in [2.75, 3.05) is 18.6 Å². The fourth-order valence-electron chi connectivity index (χ4n) is 1.96. The van der Waals surface area contributed by atoms with Gasteiger partial charge in [-0.25, -0.2) is 9.18 Å². The number of carbonyl (C=O) groups excluding carboxylic acids is 3. The van der Waals surface area contributed by atoms with Crippen molar-refractivity contribution in [3.05, 3.63) is 65.5 Å². The van der Waals surface area contributed by atoms with E-state index in [1.165, 1.54) is 13.1 Å². The number of hydrogen-bond donors (Lipinski definition) is 0. The first-order valence-electron chi connectivity index (χ1n) is 6.76. The second-order valence-corrected chi connectivity index (χ2v) is 4.74. The maximum atomic E-state index is 13.3. The fraction of sp³-hybridized carbons (Fsp3) is 0.118. The Hall–Kier alpha value is -3.02. The van der Waals surface area contributed by atoms with Crippen LogP contribution >= 0.6 is 0 Å². The molecule has 0 radical (unpaired) electrons. The zero-order valence-corrected chi connectivity index (χ0v) is 12.4. The van der Waals surface area contributed by atoms with Crippen LogP contribution in [0.3, 0.4) is 0 Å². The van der Waals surface area contributed by atoms with Crippen LogP contribution in [-0.2, 0) is 9.53 Å².